The fourth-order valence-corrected chi connectivity index (χ4v) is 3.09. The Labute approximate surface area is 145 Å². The summed E-state index contributed by atoms with van der Waals surface area (Å²) in [5.41, 5.74) is 2.12. The molecular weight excluding hydrogens is 321 g/mol. The van der Waals surface area contributed by atoms with Gasteiger partial charge in [0.2, 0.25) is 0 Å². The second kappa shape index (κ2) is 7.01. The molecular formula is C19H20FN3O2. The van der Waals surface area contributed by atoms with Gasteiger partial charge in [-0.1, -0.05) is 36.4 Å². The summed E-state index contributed by atoms with van der Waals surface area (Å²) >= 11 is 0. The Bertz CT molecular complexity index is 846. The summed E-state index contributed by atoms with van der Waals surface area (Å²) in [4.78, 5) is 11.6. The summed E-state index contributed by atoms with van der Waals surface area (Å²) < 4.78 is 13.7. The van der Waals surface area contributed by atoms with Crippen molar-refractivity contribution in [1.82, 2.24) is 4.90 Å². The largest absolute Gasteiger partial charge is 0.481 e. The number of carbonyl (C=O) groups is 1. The molecule has 0 amide bonds. The minimum absolute atomic E-state index is 0.0409. The molecule has 0 saturated heterocycles. The zero-order valence-corrected chi connectivity index (χ0v) is 13.8. The van der Waals surface area contributed by atoms with Gasteiger partial charge in [0.25, 0.3) is 6.09 Å². The molecule has 0 atom stereocenters. The number of carboxylic acid groups (broad SMARTS) is 1. The van der Waals surface area contributed by atoms with Gasteiger partial charge in [-0.25, -0.2) is 0 Å². The zero-order valence-electron chi connectivity index (χ0n) is 13.8. The third-order valence-corrected chi connectivity index (χ3v) is 4.53. The Kier molecular flexibility index (Phi) is 4.79. The normalized spacial score (nSPS) is 13.6. The molecule has 0 aliphatic heterocycles. The number of halogens is 1. The van der Waals surface area contributed by atoms with Crippen molar-refractivity contribution in [3.63, 3.8) is 0 Å². The number of amidine groups is 2. The molecule has 130 valence electrons. The van der Waals surface area contributed by atoms with Crippen molar-refractivity contribution < 1.29 is 14.3 Å². The van der Waals surface area contributed by atoms with E-state index in [1.54, 1.807) is 0 Å². The topological polar surface area (TPSA) is 88.2 Å². The van der Waals surface area contributed by atoms with Crippen LogP contribution >= 0.6 is 0 Å². The van der Waals surface area contributed by atoms with Gasteiger partial charge in [-0.2, -0.15) is 4.39 Å². The average Bonchev–Trinajstić information content (AvgIpc) is 3.42. The Morgan fingerprint density at radius 3 is 2.40 bits per heavy atom. The SMILES string of the molecule is N=C(F)N(Cc1ccc(C2CC2)c2ccccc12)C(=N)CCC(=O)O. The van der Waals surface area contributed by atoms with Gasteiger partial charge in [0.05, 0.1) is 13.0 Å². The molecule has 0 bridgehead atoms. The van der Waals surface area contributed by atoms with Crippen molar-refractivity contribution in [3.05, 3.63) is 47.5 Å². The third-order valence-electron chi connectivity index (χ3n) is 4.53. The van der Waals surface area contributed by atoms with E-state index in [-0.39, 0.29) is 25.2 Å². The van der Waals surface area contributed by atoms with Crippen molar-refractivity contribution in [2.45, 2.75) is 38.1 Å². The van der Waals surface area contributed by atoms with E-state index in [1.165, 1.54) is 18.4 Å². The van der Waals surface area contributed by atoms with Crippen LogP contribution in [0.2, 0.25) is 0 Å². The molecule has 0 spiro atoms. The first-order valence-corrected chi connectivity index (χ1v) is 8.28. The van der Waals surface area contributed by atoms with Crippen molar-refractivity contribution in [2.24, 2.45) is 0 Å². The summed E-state index contributed by atoms with van der Waals surface area (Å²) in [6.45, 7) is 0.0409. The summed E-state index contributed by atoms with van der Waals surface area (Å²) in [5.74, 6) is -0.664. The first kappa shape index (κ1) is 17.1. The van der Waals surface area contributed by atoms with Crippen LogP contribution in [-0.2, 0) is 11.3 Å². The van der Waals surface area contributed by atoms with E-state index in [0.29, 0.717) is 5.92 Å². The lowest BCUT2D eigenvalue weighted by Crippen LogP contribution is -2.33. The molecule has 2 aromatic rings. The monoisotopic (exact) mass is 341 g/mol. The predicted octanol–water partition coefficient (Wildman–Crippen LogP) is 4.27. The summed E-state index contributed by atoms with van der Waals surface area (Å²) in [7, 11) is 0. The first-order chi connectivity index (χ1) is 12.0. The van der Waals surface area contributed by atoms with Gasteiger partial charge in [-0.3, -0.25) is 20.5 Å². The summed E-state index contributed by atoms with van der Waals surface area (Å²) in [5, 5.41) is 26.1. The molecule has 0 aromatic heterocycles. The quantitative estimate of drug-likeness (QED) is 0.416. The molecule has 1 aliphatic carbocycles. The highest BCUT2D eigenvalue weighted by molar-refractivity contribution is 5.96. The van der Waals surface area contributed by atoms with Crippen molar-refractivity contribution >= 4 is 28.7 Å². The summed E-state index contributed by atoms with van der Waals surface area (Å²) in [6.07, 6.45) is 0.754. The van der Waals surface area contributed by atoms with Crippen LogP contribution in [0, 0.1) is 10.8 Å². The number of nitrogens with zero attached hydrogens (tertiary/aromatic N) is 1. The molecule has 0 heterocycles. The maximum absolute atomic E-state index is 13.7. The third kappa shape index (κ3) is 3.84. The van der Waals surface area contributed by atoms with Crippen LogP contribution in [0.1, 0.15) is 42.7 Å². The smallest absolute Gasteiger partial charge is 0.303 e. The van der Waals surface area contributed by atoms with E-state index in [2.05, 4.69) is 6.07 Å². The molecule has 0 radical (unpaired) electrons. The highest BCUT2D eigenvalue weighted by atomic mass is 19.1. The second-order valence-corrected chi connectivity index (χ2v) is 6.35. The summed E-state index contributed by atoms with van der Waals surface area (Å²) in [6, 6.07) is 11.9. The number of carboxylic acids is 1. The molecule has 6 heteroatoms. The van der Waals surface area contributed by atoms with Gasteiger partial charge in [-0.05, 0) is 40.7 Å². The Morgan fingerprint density at radius 2 is 1.80 bits per heavy atom. The highest BCUT2D eigenvalue weighted by Gasteiger charge is 2.26. The van der Waals surface area contributed by atoms with Gasteiger partial charge in [0, 0.05) is 6.42 Å². The Morgan fingerprint density at radius 1 is 1.12 bits per heavy atom. The Balaban J connectivity index is 1.90. The maximum Gasteiger partial charge on any atom is 0.303 e. The lowest BCUT2D eigenvalue weighted by Gasteiger charge is -2.22. The molecule has 25 heavy (non-hydrogen) atoms. The number of fused-ring (bicyclic) bond motifs is 1. The molecule has 0 unspecified atom stereocenters. The number of hydrogen-bond acceptors (Lipinski definition) is 3. The predicted molar refractivity (Wildman–Crippen MR) is 94.9 cm³/mol. The van der Waals surface area contributed by atoms with E-state index in [4.69, 9.17) is 15.9 Å². The van der Waals surface area contributed by atoms with Gasteiger partial charge in [0.1, 0.15) is 5.84 Å². The van der Waals surface area contributed by atoms with Crippen LogP contribution in [-0.4, -0.2) is 27.9 Å². The van der Waals surface area contributed by atoms with Gasteiger partial charge in [-0.15, -0.1) is 0 Å². The number of hydrogen-bond donors (Lipinski definition) is 3. The van der Waals surface area contributed by atoms with Crippen molar-refractivity contribution in [2.75, 3.05) is 0 Å². The van der Waals surface area contributed by atoms with Gasteiger partial charge in [0.15, 0.2) is 0 Å². The van der Waals surface area contributed by atoms with E-state index in [0.717, 1.165) is 21.2 Å². The number of aliphatic carboxylic acids is 1. The van der Waals surface area contributed by atoms with Crippen LogP contribution in [0.15, 0.2) is 36.4 Å². The number of rotatable bonds is 6. The molecule has 3 rings (SSSR count). The molecule has 1 saturated carbocycles. The standard InChI is InChI=1S/C19H20FN3O2/c20-19(22)23(17(21)9-10-18(24)25)11-13-7-8-15(12-5-6-12)16-4-2-1-3-14(13)16/h1-4,7-8,12,21-22H,5-6,9-11H2,(H,24,25). The fourth-order valence-electron chi connectivity index (χ4n) is 3.09. The highest BCUT2D eigenvalue weighted by Crippen LogP contribution is 2.43. The minimum Gasteiger partial charge on any atom is -0.481 e. The van der Waals surface area contributed by atoms with Crippen molar-refractivity contribution in [3.8, 4) is 0 Å². The molecule has 3 N–H and O–H groups in total. The van der Waals surface area contributed by atoms with E-state index >= 15 is 0 Å². The molecule has 1 fully saturated rings. The van der Waals surface area contributed by atoms with Crippen LogP contribution in [0.3, 0.4) is 0 Å². The van der Waals surface area contributed by atoms with Gasteiger partial charge < -0.3 is 5.11 Å². The molecule has 1 aliphatic rings. The number of nitrogens with one attached hydrogen (secondary N) is 2. The second-order valence-electron chi connectivity index (χ2n) is 6.35. The Hall–Kier alpha value is -2.76. The van der Waals surface area contributed by atoms with E-state index in [9.17, 15) is 9.18 Å². The van der Waals surface area contributed by atoms with Crippen molar-refractivity contribution in [1.29, 1.82) is 10.8 Å². The van der Waals surface area contributed by atoms with Gasteiger partial charge >= 0.3 is 5.97 Å². The lowest BCUT2D eigenvalue weighted by molar-refractivity contribution is -0.136. The molecule has 2 aromatic carbocycles. The minimum atomic E-state index is -1.24. The zero-order chi connectivity index (χ0) is 18.0. The van der Waals surface area contributed by atoms with Crippen LogP contribution in [0.5, 0.6) is 0 Å². The van der Waals surface area contributed by atoms with Crippen LogP contribution in [0.4, 0.5) is 4.39 Å². The number of benzene rings is 2. The first-order valence-electron chi connectivity index (χ1n) is 8.28. The van der Waals surface area contributed by atoms with E-state index < -0.39 is 12.1 Å². The van der Waals surface area contributed by atoms with Crippen LogP contribution in [0.25, 0.3) is 10.8 Å². The van der Waals surface area contributed by atoms with Crippen LogP contribution < -0.4 is 0 Å². The fraction of sp³-hybridized carbons (Fsp3) is 0.316. The maximum atomic E-state index is 13.7. The average molecular weight is 341 g/mol. The lowest BCUT2D eigenvalue weighted by atomic mass is 9.96. The van der Waals surface area contributed by atoms with E-state index in [1.807, 2.05) is 30.3 Å². The molecule has 5 nitrogen and oxygen atoms in total.